The van der Waals surface area contributed by atoms with Crippen molar-refractivity contribution in [3.8, 4) is 5.75 Å². The van der Waals surface area contributed by atoms with E-state index in [2.05, 4.69) is 9.88 Å². The van der Waals surface area contributed by atoms with Crippen LogP contribution in [0.3, 0.4) is 0 Å². The van der Waals surface area contributed by atoms with Gasteiger partial charge < -0.3 is 24.1 Å². The summed E-state index contributed by atoms with van der Waals surface area (Å²) in [5, 5.41) is 0.884. The second-order valence-corrected chi connectivity index (χ2v) is 7.24. The zero-order valence-electron chi connectivity index (χ0n) is 16.6. The number of aromatic nitrogens is 1. The van der Waals surface area contributed by atoms with Crippen LogP contribution in [0.2, 0.25) is 0 Å². The van der Waals surface area contributed by atoms with Crippen molar-refractivity contribution in [2.75, 3.05) is 58.5 Å². The van der Waals surface area contributed by atoms with Gasteiger partial charge in [-0.1, -0.05) is 0 Å². The molecule has 1 aromatic heterocycles. The van der Waals surface area contributed by atoms with E-state index in [-0.39, 0.29) is 12.1 Å². The highest BCUT2D eigenvalue weighted by Crippen LogP contribution is 2.32. The Balaban J connectivity index is 1.73. The molecule has 2 heterocycles. The van der Waals surface area contributed by atoms with Gasteiger partial charge in [0.1, 0.15) is 18.1 Å². The normalized spacial score (nSPS) is 15.3. The predicted molar refractivity (Wildman–Crippen MR) is 106 cm³/mol. The number of morpholine rings is 1. The van der Waals surface area contributed by atoms with Crippen LogP contribution in [0.4, 0.5) is 5.69 Å². The monoisotopic (exact) mass is 375 g/mol. The summed E-state index contributed by atoms with van der Waals surface area (Å²) in [5.74, 6) is 0.413. The molecule has 1 aromatic carbocycles. The van der Waals surface area contributed by atoms with Crippen LogP contribution in [0.5, 0.6) is 5.75 Å². The van der Waals surface area contributed by atoms with Crippen molar-refractivity contribution in [3.05, 3.63) is 23.9 Å². The second kappa shape index (κ2) is 8.63. The van der Waals surface area contributed by atoms with E-state index in [9.17, 15) is 4.79 Å². The molecule has 7 nitrogen and oxygen atoms in total. The average molecular weight is 375 g/mol. The minimum absolute atomic E-state index is 0.0458. The van der Waals surface area contributed by atoms with E-state index in [0.29, 0.717) is 12.3 Å². The first-order valence-corrected chi connectivity index (χ1v) is 9.42. The van der Waals surface area contributed by atoms with Gasteiger partial charge in [0, 0.05) is 50.9 Å². The average Bonchev–Trinajstić information content (AvgIpc) is 3.06. The van der Waals surface area contributed by atoms with E-state index in [4.69, 9.17) is 14.2 Å². The van der Waals surface area contributed by atoms with Crippen molar-refractivity contribution in [2.45, 2.75) is 20.0 Å². The van der Waals surface area contributed by atoms with Crippen molar-refractivity contribution >= 4 is 22.6 Å². The Bertz CT molecular complexity index is 779. The maximum atomic E-state index is 12.5. The fourth-order valence-electron chi connectivity index (χ4n) is 3.08. The first kappa shape index (κ1) is 19.5. The minimum atomic E-state index is -0.346. The largest absolute Gasteiger partial charge is 0.490 e. The Morgan fingerprint density at radius 3 is 2.67 bits per heavy atom. The molecule has 1 fully saturated rings. The molecular weight excluding hydrogens is 346 g/mol. The Morgan fingerprint density at radius 1 is 1.26 bits per heavy atom. The van der Waals surface area contributed by atoms with Crippen LogP contribution in [0.25, 0.3) is 10.9 Å². The summed E-state index contributed by atoms with van der Waals surface area (Å²) in [6.07, 6.45) is 0.0458. The Morgan fingerprint density at radius 2 is 2.00 bits per heavy atom. The number of aromatic amines is 1. The van der Waals surface area contributed by atoms with Crippen LogP contribution in [0, 0.1) is 0 Å². The van der Waals surface area contributed by atoms with E-state index in [1.807, 2.05) is 51.0 Å². The molecule has 3 rings (SSSR count). The standard InChI is InChI=1S/C20H29N3O4/c1-14(2)27-19-12-15(22(3)4)11-17-16(19)13-18(21-17)20(24)26-10-7-23-5-8-25-9-6-23/h11-14,21H,5-10H2,1-4H3. The number of nitrogens with zero attached hydrogens (tertiary/aromatic N) is 2. The maximum Gasteiger partial charge on any atom is 0.354 e. The highest BCUT2D eigenvalue weighted by molar-refractivity contribution is 5.98. The highest BCUT2D eigenvalue weighted by atomic mass is 16.5. The molecule has 0 radical (unpaired) electrons. The third kappa shape index (κ3) is 4.93. The van der Waals surface area contributed by atoms with Crippen molar-refractivity contribution in [1.82, 2.24) is 9.88 Å². The molecule has 0 unspecified atom stereocenters. The van der Waals surface area contributed by atoms with Gasteiger partial charge in [-0.15, -0.1) is 0 Å². The number of benzene rings is 1. The number of hydrogen-bond acceptors (Lipinski definition) is 6. The molecule has 0 bridgehead atoms. The van der Waals surface area contributed by atoms with E-state index < -0.39 is 0 Å². The number of nitrogens with one attached hydrogen (secondary N) is 1. The zero-order chi connectivity index (χ0) is 19.4. The van der Waals surface area contributed by atoms with Crippen LogP contribution in [-0.4, -0.2) is 75.5 Å². The summed E-state index contributed by atoms with van der Waals surface area (Å²) >= 11 is 0. The Kier molecular flexibility index (Phi) is 6.23. The first-order valence-electron chi connectivity index (χ1n) is 9.42. The van der Waals surface area contributed by atoms with Crippen molar-refractivity contribution < 1.29 is 19.0 Å². The second-order valence-electron chi connectivity index (χ2n) is 7.24. The molecular formula is C20H29N3O4. The number of carbonyl (C=O) groups excluding carboxylic acids is 1. The summed E-state index contributed by atoms with van der Waals surface area (Å²) in [4.78, 5) is 19.9. The quantitative estimate of drug-likeness (QED) is 0.750. The molecule has 1 N–H and O–H groups in total. The van der Waals surface area contributed by atoms with E-state index in [1.165, 1.54) is 0 Å². The van der Waals surface area contributed by atoms with Gasteiger partial charge in [-0.25, -0.2) is 4.79 Å². The molecule has 1 saturated heterocycles. The van der Waals surface area contributed by atoms with Crippen LogP contribution in [-0.2, 0) is 9.47 Å². The number of carbonyl (C=O) groups is 1. The molecule has 7 heteroatoms. The van der Waals surface area contributed by atoms with Crippen LogP contribution in [0.1, 0.15) is 24.3 Å². The van der Waals surface area contributed by atoms with E-state index in [0.717, 1.165) is 55.2 Å². The highest BCUT2D eigenvalue weighted by Gasteiger charge is 2.17. The lowest BCUT2D eigenvalue weighted by Crippen LogP contribution is -2.38. The van der Waals surface area contributed by atoms with Crippen LogP contribution in [0.15, 0.2) is 18.2 Å². The number of rotatable bonds is 7. The van der Waals surface area contributed by atoms with Crippen molar-refractivity contribution in [3.63, 3.8) is 0 Å². The molecule has 0 amide bonds. The molecule has 2 aromatic rings. The Labute approximate surface area is 160 Å². The third-order valence-corrected chi connectivity index (χ3v) is 4.53. The van der Waals surface area contributed by atoms with Crippen LogP contribution < -0.4 is 9.64 Å². The van der Waals surface area contributed by atoms with Gasteiger partial charge in [0.15, 0.2) is 0 Å². The lowest BCUT2D eigenvalue weighted by Gasteiger charge is -2.26. The van der Waals surface area contributed by atoms with Gasteiger partial charge in [-0.2, -0.15) is 0 Å². The fraction of sp³-hybridized carbons (Fsp3) is 0.550. The van der Waals surface area contributed by atoms with Gasteiger partial charge in [0.2, 0.25) is 0 Å². The molecule has 0 atom stereocenters. The maximum absolute atomic E-state index is 12.5. The number of ether oxygens (including phenoxy) is 3. The number of esters is 1. The van der Waals surface area contributed by atoms with Crippen LogP contribution >= 0.6 is 0 Å². The summed E-state index contributed by atoms with van der Waals surface area (Å²) in [7, 11) is 3.95. The Hall–Kier alpha value is -2.25. The van der Waals surface area contributed by atoms with Gasteiger partial charge in [0.25, 0.3) is 0 Å². The van der Waals surface area contributed by atoms with Gasteiger partial charge >= 0.3 is 5.97 Å². The molecule has 148 valence electrons. The SMILES string of the molecule is CC(C)Oc1cc(N(C)C)cc2[nH]c(C(=O)OCCN3CCOCC3)cc12. The number of H-pyrrole nitrogens is 1. The lowest BCUT2D eigenvalue weighted by molar-refractivity contribution is 0.0193. The predicted octanol–water partition coefficient (Wildman–Crippen LogP) is 2.51. The smallest absolute Gasteiger partial charge is 0.354 e. The van der Waals surface area contributed by atoms with E-state index >= 15 is 0 Å². The lowest BCUT2D eigenvalue weighted by atomic mass is 10.2. The summed E-state index contributed by atoms with van der Waals surface area (Å²) in [6, 6.07) is 5.81. The number of fused-ring (bicyclic) bond motifs is 1. The molecule has 27 heavy (non-hydrogen) atoms. The van der Waals surface area contributed by atoms with E-state index in [1.54, 1.807) is 0 Å². The summed E-state index contributed by atoms with van der Waals surface area (Å²) in [6.45, 7) is 8.31. The van der Waals surface area contributed by atoms with Gasteiger partial charge in [-0.05, 0) is 26.0 Å². The minimum Gasteiger partial charge on any atom is -0.490 e. The van der Waals surface area contributed by atoms with Crippen molar-refractivity contribution in [1.29, 1.82) is 0 Å². The molecule has 1 aliphatic rings. The molecule has 0 saturated carbocycles. The molecule has 0 spiro atoms. The topological polar surface area (TPSA) is 67.0 Å². The number of hydrogen-bond donors (Lipinski definition) is 1. The van der Waals surface area contributed by atoms with Crippen molar-refractivity contribution in [2.24, 2.45) is 0 Å². The molecule has 0 aliphatic carbocycles. The zero-order valence-corrected chi connectivity index (χ0v) is 16.6. The van der Waals surface area contributed by atoms with Gasteiger partial charge in [-0.3, -0.25) is 4.90 Å². The fourth-order valence-corrected chi connectivity index (χ4v) is 3.08. The molecule has 1 aliphatic heterocycles. The number of anilines is 1. The summed E-state index contributed by atoms with van der Waals surface area (Å²) < 4.78 is 16.7. The first-order chi connectivity index (χ1) is 12.9. The third-order valence-electron chi connectivity index (χ3n) is 4.53. The van der Waals surface area contributed by atoms with Gasteiger partial charge in [0.05, 0.1) is 24.8 Å². The summed E-state index contributed by atoms with van der Waals surface area (Å²) in [5.41, 5.74) is 2.31.